The highest BCUT2D eigenvalue weighted by Crippen LogP contribution is 2.09. The monoisotopic (exact) mass is 513 g/mol. The number of aliphatic imine (C=N–C) groups is 1. The first-order chi connectivity index (χ1) is 12.1. The second-order valence-electron chi connectivity index (χ2n) is 6.00. The van der Waals surface area contributed by atoms with Gasteiger partial charge >= 0.3 is 0 Å². The van der Waals surface area contributed by atoms with Crippen molar-refractivity contribution >= 4 is 45.9 Å². The predicted octanol–water partition coefficient (Wildman–Crippen LogP) is 0.110. The third-order valence-corrected chi connectivity index (χ3v) is 4.31. The lowest BCUT2D eigenvalue weighted by Gasteiger charge is -2.18. The fourth-order valence-corrected chi connectivity index (χ4v) is 2.47. The van der Waals surface area contributed by atoms with Crippen LogP contribution in [0.2, 0.25) is 0 Å². The van der Waals surface area contributed by atoms with E-state index >= 15 is 0 Å². The molecule has 0 aliphatic rings. The highest BCUT2D eigenvalue weighted by atomic mass is 127. The maximum absolute atomic E-state index is 11.8. The topological polar surface area (TPSA) is 126 Å². The van der Waals surface area contributed by atoms with Crippen molar-refractivity contribution in [3.63, 3.8) is 0 Å². The van der Waals surface area contributed by atoms with Gasteiger partial charge in [0.15, 0.2) is 5.96 Å². The number of carbonyl (C=O) groups is 1. The first-order valence-electron chi connectivity index (χ1n) is 7.99. The molecule has 1 atom stereocenters. The molecular weight excluding hydrogens is 485 g/mol. The molecule has 0 aliphatic carbocycles. The van der Waals surface area contributed by atoms with Crippen LogP contribution < -0.4 is 15.8 Å². The van der Waals surface area contributed by atoms with Crippen LogP contribution in [0.4, 0.5) is 0 Å². The van der Waals surface area contributed by atoms with E-state index in [-0.39, 0.29) is 47.4 Å². The van der Waals surface area contributed by atoms with E-state index in [0.29, 0.717) is 19.1 Å². The molecule has 154 valence electrons. The van der Waals surface area contributed by atoms with Gasteiger partial charge in [0, 0.05) is 27.2 Å². The van der Waals surface area contributed by atoms with E-state index in [1.165, 1.54) is 17.0 Å². The lowest BCUT2D eigenvalue weighted by atomic mass is 10.2. The Morgan fingerprint density at radius 3 is 2.37 bits per heavy atom. The molecule has 27 heavy (non-hydrogen) atoms. The number of sulfonamides is 1. The van der Waals surface area contributed by atoms with Crippen LogP contribution in [0.5, 0.6) is 0 Å². The quantitative estimate of drug-likeness (QED) is 0.258. The van der Waals surface area contributed by atoms with Gasteiger partial charge in [-0.25, -0.2) is 18.5 Å². The molecule has 1 aromatic rings. The molecule has 4 N–H and O–H groups in total. The summed E-state index contributed by atoms with van der Waals surface area (Å²) in [6.07, 6.45) is 0. The number of nitrogens with two attached hydrogens (primary N) is 1. The van der Waals surface area contributed by atoms with Crippen LogP contribution in [-0.4, -0.2) is 65.6 Å². The summed E-state index contributed by atoms with van der Waals surface area (Å²) in [5.41, 5.74) is 0.803. The number of nitrogens with zero attached hydrogens (tertiary/aromatic N) is 2. The number of hydrogen-bond donors (Lipinski definition) is 3. The molecule has 0 bridgehead atoms. The number of likely N-dealkylation sites (N-methyl/N-ethyl adjacent to an activating group) is 1. The number of guanidine groups is 1. The molecule has 0 aliphatic heterocycles. The van der Waals surface area contributed by atoms with Crippen molar-refractivity contribution in [2.75, 3.05) is 34.4 Å². The number of ether oxygens (including phenoxy) is 1. The highest BCUT2D eigenvalue weighted by Gasteiger charge is 2.10. The molecule has 0 radical (unpaired) electrons. The van der Waals surface area contributed by atoms with Gasteiger partial charge in [0.2, 0.25) is 15.9 Å². The van der Waals surface area contributed by atoms with Crippen LogP contribution >= 0.6 is 24.0 Å². The number of halogens is 1. The number of hydrogen-bond acceptors (Lipinski definition) is 5. The Morgan fingerprint density at radius 1 is 1.30 bits per heavy atom. The Balaban J connectivity index is 0.00000676. The van der Waals surface area contributed by atoms with E-state index in [1.54, 1.807) is 33.3 Å². The molecule has 1 rings (SSSR count). The Hall–Kier alpha value is -1.44. The zero-order chi connectivity index (χ0) is 19.7. The summed E-state index contributed by atoms with van der Waals surface area (Å²) in [6.45, 7) is 2.81. The van der Waals surface area contributed by atoms with Gasteiger partial charge in [-0.05, 0) is 24.6 Å². The van der Waals surface area contributed by atoms with Crippen molar-refractivity contribution in [2.45, 2.75) is 24.4 Å². The third-order valence-electron chi connectivity index (χ3n) is 3.38. The van der Waals surface area contributed by atoms with Gasteiger partial charge in [-0.1, -0.05) is 12.1 Å². The maximum Gasteiger partial charge on any atom is 0.241 e. The molecular formula is C16H28IN5O4S. The second kappa shape index (κ2) is 12.1. The summed E-state index contributed by atoms with van der Waals surface area (Å²) >= 11 is 0. The Labute approximate surface area is 177 Å². The molecule has 0 fully saturated rings. The van der Waals surface area contributed by atoms with Crippen molar-refractivity contribution in [1.29, 1.82) is 0 Å². The molecule has 0 saturated carbocycles. The first kappa shape index (κ1) is 25.6. The summed E-state index contributed by atoms with van der Waals surface area (Å²) < 4.78 is 27.6. The minimum absolute atomic E-state index is 0. The molecule has 0 spiro atoms. The number of methoxy groups -OCH3 is 1. The van der Waals surface area contributed by atoms with E-state index in [1.807, 2.05) is 6.92 Å². The van der Waals surface area contributed by atoms with E-state index in [9.17, 15) is 13.2 Å². The summed E-state index contributed by atoms with van der Waals surface area (Å²) in [5.74, 6) is 0.372. The number of nitrogens with one attached hydrogen (secondary N) is 2. The van der Waals surface area contributed by atoms with E-state index < -0.39 is 10.0 Å². The Morgan fingerprint density at radius 2 is 1.89 bits per heavy atom. The Bertz CT molecular complexity index is 723. The van der Waals surface area contributed by atoms with Crippen LogP contribution in [0.15, 0.2) is 34.2 Å². The lowest BCUT2D eigenvalue weighted by Crippen LogP contribution is -2.47. The smallest absolute Gasteiger partial charge is 0.241 e. The summed E-state index contributed by atoms with van der Waals surface area (Å²) in [6, 6.07) is 6.15. The SMILES string of the molecule is COCC(C)NC(=NCc1ccc(S(N)(=O)=O)cc1)NCC(=O)N(C)C.I. The zero-order valence-corrected chi connectivity index (χ0v) is 19.1. The van der Waals surface area contributed by atoms with Crippen molar-refractivity contribution in [1.82, 2.24) is 15.5 Å². The van der Waals surface area contributed by atoms with Crippen LogP contribution in [0.1, 0.15) is 12.5 Å². The molecule has 1 unspecified atom stereocenters. The molecule has 0 heterocycles. The normalized spacial score (nSPS) is 12.7. The van der Waals surface area contributed by atoms with Crippen molar-refractivity contribution < 1.29 is 17.9 Å². The van der Waals surface area contributed by atoms with Gasteiger partial charge < -0.3 is 20.3 Å². The van der Waals surface area contributed by atoms with Gasteiger partial charge in [-0.2, -0.15) is 0 Å². The number of benzene rings is 1. The van der Waals surface area contributed by atoms with Gasteiger partial charge in [0.25, 0.3) is 0 Å². The highest BCUT2D eigenvalue weighted by molar-refractivity contribution is 14.0. The Kier molecular flexibility index (Phi) is 11.5. The van der Waals surface area contributed by atoms with E-state index in [2.05, 4.69) is 15.6 Å². The summed E-state index contributed by atoms with van der Waals surface area (Å²) in [7, 11) is 1.24. The van der Waals surface area contributed by atoms with Crippen LogP contribution in [0, 0.1) is 0 Å². The molecule has 0 aromatic heterocycles. The van der Waals surface area contributed by atoms with Crippen molar-refractivity contribution in [3.05, 3.63) is 29.8 Å². The molecule has 9 nitrogen and oxygen atoms in total. The minimum atomic E-state index is -3.72. The fourth-order valence-electron chi connectivity index (χ4n) is 1.95. The molecule has 0 saturated heterocycles. The summed E-state index contributed by atoms with van der Waals surface area (Å²) in [5, 5.41) is 11.2. The summed E-state index contributed by atoms with van der Waals surface area (Å²) in [4.78, 5) is 17.7. The predicted molar refractivity (Wildman–Crippen MR) is 116 cm³/mol. The third kappa shape index (κ3) is 9.89. The molecule has 11 heteroatoms. The standard InChI is InChI=1S/C16H27N5O4S.HI/c1-12(11-25-4)20-16(19-10-15(22)21(2)3)18-9-13-5-7-14(8-6-13)26(17,23)24;/h5-8,12H,9-11H2,1-4H3,(H2,17,23,24)(H2,18,19,20);1H. The van der Waals surface area contributed by atoms with Gasteiger partial charge in [0.05, 0.1) is 24.6 Å². The van der Waals surface area contributed by atoms with Gasteiger partial charge in [-0.3, -0.25) is 4.79 Å². The number of carbonyl (C=O) groups excluding carboxylic acids is 1. The average molecular weight is 513 g/mol. The number of rotatable bonds is 8. The molecule has 1 aromatic carbocycles. The largest absolute Gasteiger partial charge is 0.383 e. The van der Waals surface area contributed by atoms with Crippen LogP contribution in [0.3, 0.4) is 0 Å². The lowest BCUT2D eigenvalue weighted by molar-refractivity contribution is -0.127. The molecule has 1 amide bonds. The number of primary sulfonamides is 1. The van der Waals surface area contributed by atoms with Crippen molar-refractivity contribution in [3.8, 4) is 0 Å². The van der Waals surface area contributed by atoms with Gasteiger partial charge in [-0.15, -0.1) is 24.0 Å². The van der Waals surface area contributed by atoms with Crippen LogP contribution in [0.25, 0.3) is 0 Å². The van der Waals surface area contributed by atoms with Gasteiger partial charge in [0.1, 0.15) is 0 Å². The second-order valence-corrected chi connectivity index (χ2v) is 7.56. The van der Waals surface area contributed by atoms with E-state index in [0.717, 1.165) is 5.56 Å². The zero-order valence-electron chi connectivity index (χ0n) is 15.9. The average Bonchev–Trinajstić information content (AvgIpc) is 2.56. The first-order valence-corrected chi connectivity index (χ1v) is 9.53. The fraction of sp³-hybridized carbons (Fsp3) is 0.500. The van der Waals surface area contributed by atoms with E-state index in [4.69, 9.17) is 9.88 Å². The van der Waals surface area contributed by atoms with Crippen LogP contribution in [-0.2, 0) is 26.1 Å². The van der Waals surface area contributed by atoms with Crippen molar-refractivity contribution in [2.24, 2.45) is 10.1 Å². The number of amides is 1. The maximum atomic E-state index is 11.8. The minimum Gasteiger partial charge on any atom is -0.383 e.